The molecule has 0 aromatic heterocycles. The van der Waals surface area contributed by atoms with Gasteiger partial charge in [-0.15, -0.1) is 0 Å². The van der Waals surface area contributed by atoms with Crippen molar-refractivity contribution < 1.29 is 13.2 Å². The summed E-state index contributed by atoms with van der Waals surface area (Å²) in [6, 6.07) is 15.9. The maximum Gasteiger partial charge on any atom is 0.166 e. The van der Waals surface area contributed by atoms with E-state index in [1.807, 2.05) is 12.1 Å². The van der Waals surface area contributed by atoms with Crippen molar-refractivity contribution in [3.8, 4) is 22.3 Å². The lowest BCUT2D eigenvalue weighted by Crippen LogP contribution is -2.05. The largest absolute Gasteiger partial charge is 0.206 e. The first-order valence-corrected chi connectivity index (χ1v) is 14.6. The zero-order valence-corrected chi connectivity index (χ0v) is 23.0. The summed E-state index contributed by atoms with van der Waals surface area (Å²) in [5.41, 5.74) is 4.69. The smallest absolute Gasteiger partial charge is 0.166 e. The van der Waals surface area contributed by atoms with Crippen molar-refractivity contribution in [3.63, 3.8) is 0 Å². The van der Waals surface area contributed by atoms with Gasteiger partial charge in [0, 0.05) is 11.1 Å². The van der Waals surface area contributed by atoms with Gasteiger partial charge in [-0.3, -0.25) is 0 Å². The number of allylic oxidation sites excluding steroid dienone is 2. The van der Waals surface area contributed by atoms with E-state index in [1.54, 1.807) is 42.5 Å². The highest BCUT2D eigenvalue weighted by molar-refractivity contribution is 5.74. The Morgan fingerprint density at radius 3 is 2.00 bits per heavy atom. The molecule has 1 aliphatic carbocycles. The van der Waals surface area contributed by atoms with Gasteiger partial charge < -0.3 is 0 Å². The molecule has 1 atom stereocenters. The van der Waals surface area contributed by atoms with E-state index in [0.717, 1.165) is 49.1 Å². The fourth-order valence-electron chi connectivity index (χ4n) is 5.70. The summed E-state index contributed by atoms with van der Waals surface area (Å²) in [7, 11) is 0. The highest BCUT2D eigenvalue weighted by Gasteiger charge is 2.17. The van der Waals surface area contributed by atoms with Crippen LogP contribution in [0.4, 0.5) is 13.2 Å². The summed E-state index contributed by atoms with van der Waals surface area (Å²) in [6.45, 7) is 4.41. The van der Waals surface area contributed by atoms with Gasteiger partial charge in [0.1, 0.15) is 5.82 Å². The molecule has 3 aromatic rings. The predicted octanol–water partition coefficient (Wildman–Crippen LogP) is 11.3. The second-order valence-electron chi connectivity index (χ2n) is 10.8. The van der Waals surface area contributed by atoms with Crippen LogP contribution in [0.25, 0.3) is 27.8 Å². The third-order valence-corrected chi connectivity index (χ3v) is 8.03. The zero-order chi connectivity index (χ0) is 26.9. The van der Waals surface area contributed by atoms with E-state index in [0.29, 0.717) is 23.1 Å². The SMILES string of the molecule is CCCCCCCCc1ccc(-c2ccc(-c3ccc(C4=CCC(CCC)CC4)cc3F)cc2)c(F)c1F. The van der Waals surface area contributed by atoms with Gasteiger partial charge in [0.15, 0.2) is 11.6 Å². The molecule has 0 N–H and O–H groups in total. The number of aryl methyl sites for hydroxylation is 1. The van der Waals surface area contributed by atoms with Gasteiger partial charge in [-0.05, 0) is 71.9 Å². The van der Waals surface area contributed by atoms with Crippen LogP contribution in [0, 0.1) is 23.4 Å². The number of rotatable bonds is 12. The fourth-order valence-corrected chi connectivity index (χ4v) is 5.70. The Bertz CT molecular complexity index is 1220. The fraction of sp³-hybridized carbons (Fsp3) is 0.429. The van der Waals surface area contributed by atoms with E-state index in [4.69, 9.17) is 0 Å². The van der Waals surface area contributed by atoms with Gasteiger partial charge in [0.25, 0.3) is 0 Å². The van der Waals surface area contributed by atoms with Crippen molar-refractivity contribution in [2.24, 2.45) is 5.92 Å². The summed E-state index contributed by atoms with van der Waals surface area (Å²) in [6.07, 6.45) is 15.2. The highest BCUT2D eigenvalue weighted by atomic mass is 19.2. The Hall–Kier alpha value is -2.81. The highest BCUT2D eigenvalue weighted by Crippen LogP contribution is 2.35. The van der Waals surface area contributed by atoms with E-state index in [2.05, 4.69) is 19.9 Å². The molecular weight excluding hydrogens is 477 g/mol. The molecule has 0 radical (unpaired) electrons. The van der Waals surface area contributed by atoms with Crippen LogP contribution in [0.3, 0.4) is 0 Å². The molecule has 0 saturated carbocycles. The molecule has 0 saturated heterocycles. The van der Waals surface area contributed by atoms with Crippen LogP contribution in [0.5, 0.6) is 0 Å². The van der Waals surface area contributed by atoms with Crippen molar-refractivity contribution in [2.45, 2.75) is 90.9 Å². The molecule has 0 bridgehead atoms. The molecule has 1 aliphatic rings. The van der Waals surface area contributed by atoms with E-state index in [1.165, 1.54) is 44.1 Å². The van der Waals surface area contributed by atoms with Crippen LogP contribution in [-0.4, -0.2) is 0 Å². The van der Waals surface area contributed by atoms with Gasteiger partial charge in [-0.25, -0.2) is 13.2 Å². The number of benzene rings is 3. The Morgan fingerprint density at radius 1 is 0.684 bits per heavy atom. The third kappa shape index (κ3) is 6.98. The molecule has 202 valence electrons. The Labute approximate surface area is 227 Å². The molecule has 0 fully saturated rings. The number of halogens is 3. The monoisotopic (exact) mass is 518 g/mol. The van der Waals surface area contributed by atoms with Gasteiger partial charge in [0.05, 0.1) is 0 Å². The van der Waals surface area contributed by atoms with Crippen molar-refractivity contribution in [1.82, 2.24) is 0 Å². The summed E-state index contributed by atoms with van der Waals surface area (Å²) in [4.78, 5) is 0. The van der Waals surface area contributed by atoms with Crippen LogP contribution < -0.4 is 0 Å². The molecule has 0 amide bonds. The number of hydrogen-bond donors (Lipinski definition) is 0. The molecule has 1 unspecified atom stereocenters. The van der Waals surface area contributed by atoms with Crippen molar-refractivity contribution in [1.29, 1.82) is 0 Å². The minimum atomic E-state index is -0.807. The standard InChI is InChI=1S/C35H41F3/c1-3-5-6-7-8-9-11-29-20-23-32(35(38)34(29)37)28-18-16-27(17-19-28)31-22-21-30(24-33(31)36)26-14-12-25(10-4-2)13-15-26/h14,16-25H,3-13,15H2,1-2H3. The Morgan fingerprint density at radius 2 is 1.34 bits per heavy atom. The molecule has 0 nitrogen and oxygen atoms in total. The molecule has 3 aromatic carbocycles. The van der Waals surface area contributed by atoms with E-state index < -0.39 is 11.6 Å². The third-order valence-electron chi connectivity index (χ3n) is 8.03. The second kappa shape index (κ2) is 13.8. The second-order valence-corrected chi connectivity index (χ2v) is 10.8. The first-order valence-electron chi connectivity index (χ1n) is 14.6. The van der Waals surface area contributed by atoms with Crippen molar-refractivity contribution in [3.05, 3.63) is 89.3 Å². The molecule has 0 aliphatic heterocycles. The van der Waals surface area contributed by atoms with Crippen LogP contribution in [0.15, 0.2) is 60.7 Å². The first-order chi connectivity index (χ1) is 18.5. The van der Waals surface area contributed by atoms with E-state index >= 15 is 4.39 Å². The number of unbranched alkanes of at least 4 members (excludes halogenated alkanes) is 5. The summed E-state index contributed by atoms with van der Waals surface area (Å²) < 4.78 is 44.9. The van der Waals surface area contributed by atoms with E-state index in [9.17, 15) is 8.78 Å². The lowest BCUT2D eigenvalue weighted by molar-refractivity contribution is 0.445. The van der Waals surface area contributed by atoms with Crippen molar-refractivity contribution >= 4 is 5.57 Å². The molecule has 38 heavy (non-hydrogen) atoms. The summed E-state index contributed by atoms with van der Waals surface area (Å²) in [5, 5.41) is 0. The average molecular weight is 519 g/mol. The predicted molar refractivity (Wildman–Crippen MR) is 154 cm³/mol. The van der Waals surface area contributed by atoms with Crippen LogP contribution >= 0.6 is 0 Å². The first kappa shape index (κ1) is 28.2. The van der Waals surface area contributed by atoms with Gasteiger partial charge in [0.2, 0.25) is 0 Å². The lowest BCUT2D eigenvalue weighted by atomic mass is 9.84. The molecule has 0 spiro atoms. The number of hydrogen-bond acceptors (Lipinski definition) is 0. The average Bonchev–Trinajstić information content (AvgIpc) is 2.94. The van der Waals surface area contributed by atoms with Crippen LogP contribution in [-0.2, 0) is 6.42 Å². The maximum atomic E-state index is 15.1. The summed E-state index contributed by atoms with van der Waals surface area (Å²) >= 11 is 0. The van der Waals surface area contributed by atoms with Crippen LogP contribution in [0.1, 0.15) is 95.6 Å². The quantitative estimate of drug-likeness (QED) is 0.209. The van der Waals surface area contributed by atoms with Gasteiger partial charge >= 0.3 is 0 Å². The normalized spacial score (nSPS) is 15.5. The summed E-state index contributed by atoms with van der Waals surface area (Å²) in [5.74, 6) is -1.07. The van der Waals surface area contributed by atoms with Gasteiger partial charge in [-0.2, -0.15) is 0 Å². The lowest BCUT2D eigenvalue weighted by Gasteiger charge is -2.22. The molecular formula is C35H41F3. The molecule has 0 heterocycles. The van der Waals surface area contributed by atoms with Crippen LogP contribution in [0.2, 0.25) is 0 Å². The minimum Gasteiger partial charge on any atom is -0.206 e. The maximum absolute atomic E-state index is 15.1. The van der Waals surface area contributed by atoms with Crippen molar-refractivity contribution in [2.75, 3.05) is 0 Å². The Balaban J connectivity index is 1.43. The topological polar surface area (TPSA) is 0 Å². The minimum absolute atomic E-state index is 0.238. The molecule has 4 rings (SSSR count). The zero-order valence-electron chi connectivity index (χ0n) is 23.0. The van der Waals surface area contributed by atoms with Gasteiger partial charge in [-0.1, -0.05) is 113 Å². The Kier molecular flexibility index (Phi) is 10.3. The van der Waals surface area contributed by atoms with E-state index in [-0.39, 0.29) is 11.4 Å². The molecule has 3 heteroatoms.